The molecule has 0 aromatic heterocycles. The minimum absolute atomic E-state index is 0.0620. The highest BCUT2D eigenvalue weighted by atomic mass is 15.3. The average molecular weight is 328 g/mol. The quantitative estimate of drug-likeness (QED) is 0.381. The zero-order chi connectivity index (χ0) is 18.1. The van der Waals surface area contributed by atoms with Crippen LogP contribution in [0.15, 0.2) is 0 Å². The monoisotopic (exact) mass is 327 g/mol. The van der Waals surface area contributed by atoms with Gasteiger partial charge in [-0.05, 0) is 46.7 Å². The van der Waals surface area contributed by atoms with Gasteiger partial charge in [0.1, 0.15) is 0 Å². The highest BCUT2D eigenvalue weighted by Crippen LogP contribution is 2.34. The van der Waals surface area contributed by atoms with Crippen LogP contribution in [-0.2, 0) is 0 Å². The SMILES string of the molecule is CCCCCCCCC(NC)C(NC)(NC(C)(C)C)C(C)(C)C. The normalized spacial score (nSPS) is 17.1. The van der Waals surface area contributed by atoms with E-state index in [4.69, 9.17) is 0 Å². The van der Waals surface area contributed by atoms with E-state index in [0.29, 0.717) is 6.04 Å². The number of hydrogen-bond donors (Lipinski definition) is 3. The Morgan fingerprint density at radius 3 is 1.70 bits per heavy atom. The Kier molecular flexibility index (Phi) is 9.95. The van der Waals surface area contributed by atoms with Gasteiger partial charge in [0.2, 0.25) is 0 Å². The summed E-state index contributed by atoms with van der Waals surface area (Å²) in [5.41, 5.74) is 0.0286. The summed E-state index contributed by atoms with van der Waals surface area (Å²) in [6.07, 6.45) is 9.30. The van der Waals surface area contributed by atoms with Crippen LogP contribution in [-0.4, -0.2) is 31.3 Å². The molecule has 0 amide bonds. The molecule has 140 valence electrons. The van der Waals surface area contributed by atoms with Gasteiger partial charge in [-0.3, -0.25) is 5.32 Å². The lowest BCUT2D eigenvalue weighted by molar-refractivity contribution is 0.0324. The molecule has 3 nitrogen and oxygen atoms in total. The van der Waals surface area contributed by atoms with Gasteiger partial charge >= 0.3 is 0 Å². The summed E-state index contributed by atoms with van der Waals surface area (Å²) in [6.45, 7) is 16.0. The number of hydrogen-bond acceptors (Lipinski definition) is 3. The topological polar surface area (TPSA) is 36.1 Å². The molecule has 23 heavy (non-hydrogen) atoms. The Morgan fingerprint density at radius 2 is 1.30 bits per heavy atom. The molecule has 0 bridgehead atoms. The molecular formula is C20H45N3. The van der Waals surface area contributed by atoms with E-state index in [1.807, 2.05) is 0 Å². The number of likely N-dealkylation sites (N-methyl/N-ethyl adjacent to an activating group) is 2. The van der Waals surface area contributed by atoms with E-state index in [-0.39, 0.29) is 16.6 Å². The van der Waals surface area contributed by atoms with Crippen LogP contribution in [0.5, 0.6) is 0 Å². The molecular weight excluding hydrogens is 282 g/mol. The number of rotatable bonds is 11. The molecule has 0 saturated carbocycles. The van der Waals surface area contributed by atoms with E-state index in [9.17, 15) is 0 Å². The van der Waals surface area contributed by atoms with Crippen molar-refractivity contribution in [2.75, 3.05) is 14.1 Å². The van der Waals surface area contributed by atoms with Crippen molar-refractivity contribution in [1.82, 2.24) is 16.0 Å². The Hall–Kier alpha value is -0.120. The van der Waals surface area contributed by atoms with Gasteiger partial charge in [0.05, 0.1) is 5.66 Å². The fourth-order valence-electron chi connectivity index (χ4n) is 3.71. The van der Waals surface area contributed by atoms with Gasteiger partial charge in [-0.15, -0.1) is 0 Å². The van der Waals surface area contributed by atoms with Crippen LogP contribution in [0.25, 0.3) is 0 Å². The molecule has 0 aliphatic rings. The van der Waals surface area contributed by atoms with E-state index in [2.05, 4.69) is 78.5 Å². The van der Waals surface area contributed by atoms with Gasteiger partial charge in [0.15, 0.2) is 0 Å². The minimum Gasteiger partial charge on any atom is -0.314 e. The Bertz CT molecular complexity index is 301. The van der Waals surface area contributed by atoms with Crippen molar-refractivity contribution in [3.8, 4) is 0 Å². The molecule has 0 aromatic carbocycles. The molecule has 0 aliphatic heterocycles. The molecule has 3 heteroatoms. The largest absolute Gasteiger partial charge is 0.314 e. The highest BCUT2D eigenvalue weighted by Gasteiger charge is 2.47. The molecule has 0 spiro atoms. The summed E-state index contributed by atoms with van der Waals surface area (Å²) in [5.74, 6) is 0. The van der Waals surface area contributed by atoms with Gasteiger partial charge < -0.3 is 10.6 Å². The molecule has 0 rings (SSSR count). The molecule has 0 radical (unpaired) electrons. The second kappa shape index (κ2) is 10.0. The second-order valence-corrected chi connectivity index (χ2v) is 9.08. The number of nitrogens with one attached hydrogen (secondary N) is 3. The van der Waals surface area contributed by atoms with E-state index < -0.39 is 0 Å². The Morgan fingerprint density at radius 1 is 0.783 bits per heavy atom. The van der Waals surface area contributed by atoms with Gasteiger partial charge in [-0.2, -0.15) is 0 Å². The van der Waals surface area contributed by atoms with Crippen LogP contribution in [0.1, 0.15) is 93.4 Å². The smallest absolute Gasteiger partial charge is 0.0895 e. The van der Waals surface area contributed by atoms with Crippen molar-refractivity contribution in [3.05, 3.63) is 0 Å². The first-order chi connectivity index (χ1) is 10.5. The molecule has 0 heterocycles. The highest BCUT2D eigenvalue weighted by molar-refractivity contribution is 5.06. The van der Waals surface area contributed by atoms with E-state index in [1.54, 1.807) is 0 Å². The van der Waals surface area contributed by atoms with Gasteiger partial charge in [-0.25, -0.2) is 0 Å². The molecule has 0 fully saturated rings. The molecule has 2 unspecified atom stereocenters. The fourth-order valence-corrected chi connectivity index (χ4v) is 3.71. The van der Waals surface area contributed by atoms with Gasteiger partial charge in [-0.1, -0.05) is 66.2 Å². The van der Waals surface area contributed by atoms with Crippen molar-refractivity contribution in [2.24, 2.45) is 5.41 Å². The zero-order valence-electron chi connectivity index (χ0n) is 17.5. The van der Waals surface area contributed by atoms with Crippen LogP contribution >= 0.6 is 0 Å². The first-order valence-corrected chi connectivity index (χ1v) is 9.69. The molecule has 2 atom stereocenters. The van der Waals surface area contributed by atoms with Crippen LogP contribution in [0.4, 0.5) is 0 Å². The lowest BCUT2D eigenvalue weighted by Crippen LogP contribution is -2.76. The summed E-state index contributed by atoms with van der Waals surface area (Å²) >= 11 is 0. The number of unbranched alkanes of at least 4 members (excludes halogenated alkanes) is 5. The molecule has 0 aliphatic carbocycles. The summed E-state index contributed by atoms with van der Waals surface area (Å²) in [4.78, 5) is 0. The van der Waals surface area contributed by atoms with E-state index in [0.717, 1.165) is 0 Å². The summed E-state index contributed by atoms with van der Waals surface area (Å²) in [6, 6.07) is 0.401. The summed E-state index contributed by atoms with van der Waals surface area (Å²) in [7, 11) is 4.19. The predicted molar refractivity (Wildman–Crippen MR) is 105 cm³/mol. The van der Waals surface area contributed by atoms with Crippen molar-refractivity contribution in [2.45, 2.75) is 111 Å². The third-order valence-electron chi connectivity index (χ3n) is 4.87. The van der Waals surface area contributed by atoms with Crippen LogP contribution in [0.3, 0.4) is 0 Å². The van der Waals surface area contributed by atoms with Crippen molar-refractivity contribution < 1.29 is 0 Å². The molecule has 0 saturated heterocycles. The van der Waals surface area contributed by atoms with Crippen LogP contribution in [0, 0.1) is 5.41 Å². The molecule has 0 aromatic rings. The van der Waals surface area contributed by atoms with Crippen molar-refractivity contribution in [3.63, 3.8) is 0 Å². The Balaban J connectivity index is 4.96. The summed E-state index contributed by atoms with van der Waals surface area (Å²) in [5, 5.41) is 11.1. The molecule has 3 N–H and O–H groups in total. The second-order valence-electron chi connectivity index (χ2n) is 9.08. The standard InChI is InChI=1S/C20H45N3/c1-10-11-12-13-14-15-16-17(21-8)20(22-9,18(2,3)4)23-19(5,6)7/h17,21-23H,10-16H2,1-9H3. The maximum Gasteiger partial charge on any atom is 0.0895 e. The Labute approximate surface area is 146 Å². The first-order valence-electron chi connectivity index (χ1n) is 9.69. The third kappa shape index (κ3) is 7.53. The lowest BCUT2D eigenvalue weighted by atomic mass is 9.73. The average Bonchev–Trinajstić information content (AvgIpc) is 2.42. The van der Waals surface area contributed by atoms with Crippen molar-refractivity contribution in [1.29, 1.82) is 0 Å². The van der Waals surface area contributed by atoms with Gasteiger partial charge in [0, 0.05) is 11.6 Å². The fraction of sp³-hybridized carbons (Fsp3) is 1.00. The van der Waals surface area contributed by atoms with Crippen LogP contribution < -0.4 is 16.0 Å². The summed E-state index contributed by atoms with van der Waals surface area (Å²) < 4.78 is 0. The third-order valence-corrected chi connectivity index (χ3v) is 4.87. The predicted octanol–water partition coefficient (Wildman–Crippen LogP) is 4.67. The van der Waals surface area contributed by atoms with E-state index >= 15 is 0 Å². The first kappa shape index (κ1) is 22.9. The van der Waals surface area contributed by atoms with Gasteiger partial charge in [0.25, 0.3) is 0 Å². The maximum absolute atomic E-state index is 3.90. The van der Waals surface area contributed by atoms with Crippen LogP contribution in [0.2, 0.25) is 0 Å². The zero-order valence-corrected chi connectivity index (χ0v) is 17.5. The minimum atomic E-state index is -0.135. The van der Waals surface area contributed by atoms with E-state index in [1.165, 1.54) is 44.9 Å². The maximum atomic E-state index is 3.90. The van der Waals surface area contributed by atoms with Crippen molar-refractivity contribution >= 4 is 0 Å². The lowest BCUT2D eigenvalue weighted by Gasteiger charge is -2.53.